The molecule has 0 fully saturated rings. The van der Waals surface area contributed by atoms with E-state index in [2.05, 4.69) is 5.32 Å². The molecule has 0 aromatic heterocycles. The summed E-state index contributed by atoms with van der Waals surface area (Å²) in [5.41, 5.74) is 11.6. The second kappa shape index (κ2) is 15.0. The number of anilines is 3. The number of nitrogen functional groups attached to an aromatic ring is 2. The second-order valence-electron chi connectivity index (χ2n) is 13.0. The first kappa shape index (κ1) is 37.9. The minimum atomic E-state index is -1.13. The predicted octanol–water partition coefficient (Wildman–Crippen LogP) is 6.37. The fraction of sp³-hybridized carbons (Fsp3) is 0.364. The third kappa shape index (κ3) is 14.3. The molecule has 45 heavy (non-hydrogen) atoms. The van der Waals surface area contributed by atoms with Gasteiger partial charge < -0.3 is 46.7 Å². The highest BCUT2D eigenvalue weighted by Crippen LogP contribution is 2.26. The summed E-state index contributed by atoms with van der Waals surface area (Å²) < 4.78 is 10.6. The lowest BCUT2D eigenvalue weighted by atomic mass is 10.1. The monoisotopic (exact) mass is 627 g/mol. The van der Waals surface area contributed by atoms with Crippen LogP contribution in [-0.4, -0.2) is 55.1 Å². The van der Waals surface area contributed by atoms with Crippen molar-refractivity contribution >= 4 is 35.0 Å². The molecule has 0 aliphatic rings. The van der Waals surface area contributed by atoms with Crippen molar-refractivity contribution in [2.24, 2.45) is 0 Å². The fourth-order valence-corrected chi connectivity index (χ4v) is 3.41. The summed E-state index contributed by atoms with van der Waals surface area (Å²) in [5.74, 6) is -2.79. The minimum Gasteiger partial charge on any atom is -0.507 e. The van der Waals surface area contributed by atoms with Crippen molar-refractivity contribution in [3.05, 3.63) is 71.3 Å². The number of benzene rings is 3. The lowest BCUT2D eigenvalue weighted by Crippen LogP contribution is -2.25. The van der Waals surface area contributed by atoms with Crippen LogP contribution in [-0.2, 0) is 4.74 Å². The first-order valence-electron chi connectivity index (χ1n) is 13.9. The van der Waals surface area contributed by atoms with E-state index in [1.54, 1.807) is 39.0 Å². The molecule has 0 saturated carbocycles. The Hall–Kier alpha value is -5.13. The van der Waals surface area contributed by atoms with Gasteiger partial charge in [0.2, 0.25) is 0 Å². The van der Waals surface area contributed by atoms with Gasteiger partial charge in [0.15, 0.2) is 0 Å². The zero-order valence-corrected chi connectivity index (χ0v) is 27.2. The molecule has 12 nitrogen and oxygen atoms in total. The third-order valence-corrected chi connectivity index (χ3v) is 5.04. The lowest BCUT2D eigenvalue weighted by molar-refractivity contribution is 0.00663. The summed E-state index contributed by atoms with van der Waals surface area (Å²) in [7, 11) is 0. The van der Waals surface area contributed by atoms with Gasteiger partial charge >= 0.3 is 17.9 Å². The smallest absolute Gasteiger partial charge is 0.342 e. The van der Waals surface area contributed by atoms with E-state index < -0.39 is 29.1 Å². The summed E-state index contributed by atoms with van der Waals surface area (Å²) >= 11 is 0. The summed E-state index contributed by atoms with van der Waals surface area (Å²) in [4.78, 5) is 33.1. The van der Waals surface area contributed by atoms with E-state index in [0.717, 1.165) is 0 Å². The van der Waals surface area contributed by atoms with E-state index in [1.165, 1.54) is 36.4 Å². The maximum atomic E-state index is 11.6. The summed E-state index contributed by atoms with van der Waals surface area (Å²) in [6.45, 7) is 16.8. The van der Waals surface area contributed by atoms with Gasteiger partial charge in [-0.05, 0) is 98.7 Å². The zero-order chi connectivity index (χ0) is 34.9. The first-order chi connectivity index (χ1) is 20.4. The van der Waals surface area contributed by atoms with Crippen LogP contribution in [0.1, 0.15) is 93.4 Å². The van der Waals surface area contributed by atoms with Crippen molar-refractivity contribution < 1.29 is 44.3 Å². The molecule has 3 aromatic carbocycles. The maximum absolute atomic E-state index is 11.6. The van der Waals surface area contributed by atoms with Gasteiger partial charge in [0.1, 0.15) is 45.1 Å². The number of rotatable bonds is 5. The van der Waals surface area contributed by atoms with Gasteiger partial charge in [0, 0.05) is 40.8 Å². The second-order valence-corrected chi connectivity index (χ2v) is 13.0. The number of nitrogens with one attached hydrogen (secondary N) is 1. The van der Waals surface area contributed by atoms with E-state index in [-0.39, 0.29) is 33.7 Å². The Labute approximate surface area is 263 Å². The average molecular weight is 628 g/mol. The Morgan fingerprint density at radius 3 is 1.53 bits per heavy atom. The number of carboxylic acids is 2. The molecule has 0 unspecified atom stereocenters. The number of esters is 1. The Morgan fingerprint density at radius 1 is 0.644 bits per heavy atom. The largest absolute Gasteiger partial charge is 0.507 e. The summed E-state index contributed by atoms with van der Waals surface area (Å²) in [6, 6.07) is 13.2. The average Bonchev–Trinajstić information content (AvgIpc) is 2.81. The molecule has 0 amide bonds. The Morgan fingerprint density at radius 2 is 1.11 bits per heavy atom. The molecule has 9 N–H and O–H groups in total. The van der Waals surface area contributed by atoms with Crippen LogP contribution in [0.15, 0.2) is 54.6 Å². The van der Waals surface area contributed by atoms with Crippen LogP contribution >= 0.6 is 0 Å². The Balaban J connectivity index is 0.000000337. The van der Waals surface area contributed by atoms with Gasteiger partial charge in [0.05, 0.1) is 0 Å². The number of hydrogen-bond acceptors (Lipinski definition) is 10. The van der Waals surface area contributed by atoms with Crippen LogP contribution < -0.4 is 21.5 Å². The molecule has 0 heterocycles. The molecule has 246 valence electrons. The number of carbonyl (C=O) groups excluding carboxylic acids is 1. The van der Waals surface area contributed by atoms with E-state index >= 15 is 0 Å². The van der Waals surface area contributed by atoms with Gasteiger partial charge in [-0.1, -0.05) is 0 Å². The van der Waals surface area contributed by atoms with Crippen molar-refractivity contribution in [2.75, 3.05) is 16.8 Å². The van der Waals surface area contributed by atoms with Crippen LogP contribution in [0.4, 0.5) is 17.1 Å². The van der Waals surface area contributed by atoms with Gasteiger partial charge in [-0.2, -0.15) is 0 Å². The molecule has 0 bridgehead atoms. The molecule has 0 spiro atoms. The van der Waals surface area contributed by atoms with Crippen LogP contribution in [0.2, 0.25) is 0 Å². The molecule has 3 aromatic rings. The highest BCUT2D eigenvalue weighted by molar-refractivity contribution is 5.93. The number of phenols is 2. The quantitative estimate of drug-likeness (QED) is 0.121. The Kier molecular flexibility index (Phi) is 12.7. The molecule has 12 heteroatoms. The van der Waals surface area contributed by atoms with E-state index in [0.29, 0.717) is 22.8 Å². The fourth-order valence-electron chi connectivity index (χ4n) is 3.41. The normalized spacial score (nSPS) is 11.1. The lowest BCUT2D eigenvalue weighted by Gasteiger charge is -2.22. The SMILES string of the molecule is CC(C)(C)Nc1ccc(C(=O)O)c(O)c1.CC(C)(C)OC(=O)c1ccc(N)cc1O.CC(C)(C)Oc1cc(N)ccc1C(=O)O. The number of phenolic OH excluding ortho intramolecular Hbond substituents is 1. The topological polar surface area (TPSA) is 215 Å². The maximum Gasteiger partial charge on any atom is 0.342 e. The Bertz CT molecular complexity index is 1500. The van der Waals surface area contributed by atoms with Gasteiger partial charge in [-0.25, -0.2) is 14.4 Å². The van der Waals surface area contributed by atoms with Crippen LogP contribution in [0, 0.1) is 0 Å². The first-order valence-corrected chi connectivity index (χ1v) is 13.9. The predicted molar refractivity (Wildman–Crippen MR) is 174 cm³/mol. The molecule has 0 saturated heterocycles. The van der Waals surface area contributed by atoms with Crippen molar-refractivity contribution in [1.82, 2.24) is 0 Å². The molecular formula is C33H45N3O9. The minimum absolute atomic E-state index is 0.0885. The van der Waals surface area contributed by atoms with E-state index in [1.807, 2.05) is 41.5 Å². The van der Waals surface area contributed by atoms with E-state index in [9.17, 15) is 24.6 Å². The number of nitrogens with two attached hydrogens (primary N) is 2. The van der Waals surface area contributed by atoms with Crippen molar-refractivity contribution in [3.8, 4) is 17.2 Å². The number of ether oxygens (including phenoxy) is 2. The number of carbonyl (C=O) groups is 3. The summed E-state index contributed by atoms with van der Waals surface area (Å²) in [6.07, 6.45) is 0. The number of aromatic carboxylic acids is 2. The molecule has 0 atom stereocenters. The molecule has 0 aliphatic carbocycles. The third-order valence-electron chi connectivity index (χ3n) is 5.04. The van der Waals surface area contributed by atoms with E-state index in [4.69, 9.17) is 31.2 Å². The molecule has 0 radical (unpaired) electrons. The van der Waals surface area contributed by atoms with Gasteiger partial charge in [0.25, 0.3) is 0 Å². The standard InChI is InChI=1S/3C11H15NO3/c1-11(2,3)15-9-6-7(12)4-5-8(9)10(13)14;1-11(2,3)15-10(14)8-5-4-7(12)6-9(8)13;1-11(2,3)12-7-4-5-8(10(14)15)9(13)6-7/h4-6H,12H2,1-3H3,(H,13,14);4-6,13H,12H2,1-3H3;4-6,12-13H,1-3H3,(H,14,15). The van der Waals surface area contributed by atoms with Crippen LogP contribution in [0.3, 0.4) is 0 Å². The van der Waals surface area contributed by atoms with Gasteiger partial charge in [-0.15, -0.1) is 0 Å². The van der Waals surface area contributed by atoms with Crippen molar-refractivity contribution in [2.45, 2.75) is 79.1 Å². The van der Waals surface area contributed by atoms with Gasteiger partial charge in [-0.3, -0.25) is 0 Å². The van der Waals surface area contributed by atoms with Crippen molar-refractivity contribution in [3.63, 3.8) is 0 Å². The molecule has 0 aliphatic heterocycles. The van der Waals surface area contributed by atoms with Crippen LogP contribution in [0.25, 0.3) is 0 Å². The number of carboxylic acid groups (broad SMARTS) is 2. The molecular weight excluding hydrogens is 582 g/mol. The zero-order valence-electron chi connectivity index (χ0n) is 27.2. The van der Waals surface area contributed by atoms with Crippen molar-refractivity contribution in [1.29, 1.82) is 0 Å². The number of hydrogen-bond donors (Lipinski definition) is 7. The summed E-state index contributed by atoms with van der Waals surface area (Å²) in [5, 5.41) is 39.7. The molecule has 3 rings (SSSR count). The number of aromatic hydroxyl groups is 2. The highest BCUT2D eigenvalue weighted by Gasteiger charge is 2.21. The highest BCUT2D eigenvalue weighted by atomic mass is 16.6. The van der Waals surface area contributed by atoms with Crippen LogP contribution in [0.5, 0.6) is 17.2 Å².